The molecule has 0 amide bonds. The molecule has 254 valence electrons. The molecule has 0 saturated carbocycles. The first kappa shape index (κ1) is 37.0. The predicted octanol–water partition coefficient (Wildman–Crippen LogP) is 3.87. The van der Waals surface area contributed by atoms with E-state index in [2.05, 4.69) is 20.8 Å². The topological polar surface area (TPSA) is 125 Å². The number of nitrogens with two attached hydrogens (primary N) is 1. The van der Waals surface area contributed by atoms with E-state index in [0.29, 0.717) is 0 Å². The van der Waals surface area contributed by atoms with E-state index in [9.17, 15) is 18.0 Å². The molecule has 4 atom stereocenters. The highest BCUT2D eigenvalue weighted by Crippen LogP contribution is 2.39. The second-order valence-electron chi connectivity index (χ2n) is 12.7. The van der Waals surface area contributed by atoms with Gasteiger partial charge in [0, 0.05) is 19.3 Å². The Morgan fingerprint density at radius 3 is 2.04 bits per heavy atom. The van der Waals surface area contributed by atoms with Crippen molar-refractivity contribution >= 4 is 52.2 Å². The predicted molar refractivity (Wildman–Crippen MR) is 189 cm³/mol. The standard InChI is InChI=1S/C35H46N2O7S2Si/c1-7-43-34(39)29(36)24-45-32-22-31(38)30(37(33(32)42-6)46(40,41)26-20-18-25(2)19-21-26)23-44-47(35(3,4)5,27-14-10-8-11-15-27)28-16-12-9-13-17-28/h8-21,29-30,32-33H,7,22-24,36H2,1-6H3/t29?,30-,32-,33+/m0/s1. The van der Waals surface area contributed by atoms with E-state index in [-0.39, 0.29) is 36.1 Å². The van der Waals surface area contributed by atoms with Gasteiger partial charge in [0.1, 0.15) is 18.3 Å². The first-order valence-corrected chi connectivity index (χ1v) is 20.1. The summed E-state index contributed by atoms with van der Waals surface area (Å²) in [5.41, 5.74) is 6.97. The fraction of sp³-hybridized carbons (Fsp3) is 0.429. The van der Waals surface area contributed by atoms with Crippen LogP contribution in [-0.2, 0) is 33.5 Å². The summed E-state index contributed by atoms with van der Waals surface area (Å²) in [6.07, 6.45) is -1.03. The number of sulfonamides is 1. The normalized spacial score (nSPS) is 20.1. The van der Waals surface area contributed by atoms with Crippen LogP contribution in [-0.4, -0.2) is 82.4 Å². The van der Waals surface area contributed by atoms with E-state index in [1.54, 1.807) is 19.1 Å². The first-order chi connectivity index (χ1) is 22.3. The number of Topliss-reactive ketones (excluding diaryl/α,β-unsaturated/α-hetero) is 1. The number of methoxy groups -OCH3 is 1. The van der Waals surface area contributed by atoms with Crippen LogP contribution in [0.3, 0.4) is 0 Å². The molecule has 1 heterocycles. The Balaban J connectivity index is 1.79. The summed E-state index contributed by atoms with van der Waals surface area (Å²) in [5.74, 6) is -0.732. The van der Waals surface area contributed by atoms with Gasteiger partial charge < -0.3 is 19.6 Å². The number of hydrogen-bond acceptors (Lipinski definition) is 9. The van der Waals surface area contributed by atoms with Crippen LogP contribution in [0.15, 0.2) is 89.8 Å². The number of nitrogens with zero attached hydrogens (tertiary/aromatic N) is 1. The zero-order valence-corrected chi connectivity index (χ0v) is 30.6. The average Bonchev–Trinajstić information content (AvgIpc) is 3.04. The number of esters is 1. The third-order valence-electron chi connectivity index (χ3n) is 8.44. The van der Waals surface area contributed by atoms with Gasteiger partial charge in [-0.15, -0.1) is 0 Å². The number of carbonyl (C=O) groups is 2. The van der Waals surface area contributed by atoms with E-state index >= 15 is 0 Å². The van der Waals surface area contributed by atoms with Gasteiger partial charge in [0.15, 0.2) is 5.78 Å². The van der Waals surface area contributed by atoms with Crippen molar-refractivity contribution in [2.45, 2.75) is 74.5 Å². The van der Waals surface area contributed by atoms with Gasteiger partial charge in [-0.3, -0.25) is 9.59 Å². The van der Waals surface area contributed by atoms with Crippen molar-refractivity contribution < 1.29 is 31.9 Å². The molecule has 0 bridgehead atoms. The second-order valence-corrected chi connectivity index (χ2v) is 20.1. The third-order valence-corrected chi connectivity index (χ3v) is 16.7. The molecular formula is C35H46N2O7S2Si. The zero-order chi connectivity index (χ0) is 34.4. The van der Waals surface area contributed by atoms with Gasteiger partial charge >= 0.3 is 5.97 Å². The molecule has 3 aromatic carbocycles. The number of rotatable bonds is 13. The summed E-state index contributed by atoms with van der Waals surface area (Å²) in [7, 11) is -5.96. The molecule has 1 unspecified atom stereocenters. The maximum absolute atomic E-state index is 14.5. The van der Waals surface area contributed by atoms with Crippen LogP contribution in [0.25, 0.3) is 0 Å². The van der Waals surface area contributed by atoms with E-state index in [4.69, 9.17) is 19.6 Å². The van der Waals surface area contributed by atoms with E-state index < -0.39 is 52.9 Å². The van der Waals surface area contributed by atoms with Crippen LogP contribution in [0.1, 0.15) is 39.7 Å². The van der Waals surface area contributed by atoms with Crippen LogP contribution in [0.2, 0.25) is 5.04 Å². The van der Waals surface area contributed by atoms with E-state index in [1.807, 2.05) is 67.6 Å². The molecule has 1 saturated heterocycles. The van der Waals surface area contributed by atoms with Gasteiger partial charge in [-0.1, -0.05) is 99.1 Å². The fourth-order valence-corrected chi connectivity index (χ4v) is 13.8. The molecule has 1 aliphatic rings. The molecule has 1 fully saturated rings. The van der Waals surface area contributed by atoms with Crippen molar-refractivity contribution in [1.82, 2.24) is 4.31 Å². The molecule has 0 spiro atoms. The van der Waals surface area contributed by atoms with Crippen LogP contribution in [0, 0.1) is 6.92 Å². The molecule has 12 heteroatoms. The van der Waals surface area contributed by atoms with Crippen LogP contribution in [0.5, 0.6) is 0 Å². The van der Waals surface area contributed by atoms with Crippen molar-refractivity contribution in [3.8, 4) is 0 Å². The van der Waals surface area contributed by atoms with Gasteiger partial charge in [-0.25, -0.2) is 8.42 Å². The maximum atomic E-state index is 14.5. The van der Waals surface area contributed by atoms with Crippen LogP contribution in [0.4, 0.5) is 0 Å². The Bertz CT molecular complexity index is 1560. The lowest BCUT2D eigenvalue weighted by molar-refractivity contribution is -0.144. The quantitative estimate of drug-likeness (QED) is 0.209. The van der Waals surface area contributed by atoms with Gasteiger partial charge in [-0.2, -0.15) is 16.1 Å². The zero-order valence-electron chi connectivity index (χ0n) is 27.9. The maximum Gasteiger partial charge on any atom is 0.323 e. The molecule has 2 N–H and O–H groups in total. The van der Waals surface area contributed by atoms with Crippen molar-refractivity contribution in [2.24, 2.45) is 5.73 Å². The number of ketones is 1. The van der Waals surface area contributed by atoms with Crippen LogP contribution < -0.4 is 16.1 Å². The number of thioether (sulfide) groups is 1. The number of aryl methyl sites for hydroxylation is 1. The Hall–Kier alpha value is -2.84. The molecule has 47 heavy (non-hydrogen) atoms. The van der Waals surface area contributed by atoms with E-state index in [1.165, 1.54) is 35.3 Å². The highest BCUT2D eigenvalue weighted by Gasteiger charge is 2.54. The largest absolute Gasteiger partial charge is 0.465 e. The molecule has 0 radical (unpaired) electrons. The van der Waals surface area contributed by atoms with Crippen molar-refractivity contribution in [2.75, 3.05) is 26.1 Å². The number of carbonyl (C=O) groups excluding carboxylic acids is 2. The number of piperidine rings is 1. The summed E-state index contributed by atoms with van der Waals surface area (Å²) in [6, 6.07) is 24.4. The molecule has 4 rings (SSSR count). The van der Waals surface area contributed by atoms with Crippen LogP contribution >= 0.6 is 11.8 Å². The number of benzene rings is 3. The lowest BCUT2D eigenvalue weighted by Crippen LogP contribution is -2.69. The Kier molecular flexibility index (Phi) is 12.3. The minimum absolute atomic E-state index is 0.00735. The lowest BCUT2D eigenvalue weighted by atomic mass is 10.0. The monoisotopic (exact) mass is 698 g/mol. The molecular weight excluding hydrogens is 653 g/mol. The summed E-state index contributed by atoms with van der Waals surface area (Å²) < 4.78 is 48.2. The van der Waals surface area contributed by atoms with Gasteiger partial charge in [0.2, 0.25) is 10.0 Å². The molecule has 1 aliphatic heterocycles. The molecule has 3 aromatic rings. The average molecular weight is 699 g/mol. The Labute approximate surface area is 284 Å². The SMILES string of the molecule is CCOC(=O)C(N)CS[C@H]1CC(=O)[C@H](CO[Si](c2ccccc2)(c2ccccc2)C(C)(C)C)N(S(=O)(=O)c2ccc(C)cc2)[C@@H]1OC. The molecule has 0 aromatic heterocycles. The number of ether oxygens (including phenoxy) is 2. The second kappa shape index (κ2) is 15.6. The summed E-state index contributed by atoms with van der Waals surface area (Å²) in [4.78, 5) is 26.4. The highest BCUT2D eigenvalue weighted by atomic mass is 32.2. The van der Waals surface area contributed by atoms with Crippen molar-refractivity contribution in [1.29, 1.82) is 0 Å². The van der Waals surface area contributed by atoms with Gasteiger partial charge in [-0.05, 0) is 41.4 Å². The van der Waals surface area contributed by atoms with Crippen molar-refractivity contribution in [3.63, 3.8) is 0 Å². The minimum Gasteiger partial charge on any atom is -0.465 e. The molecule has 9 nitrogen and oxygen atoms in total. The summed E-state index contributed by atoms with van der Waals surface area (Å²) in [6.45, 7) is 9.96. The lowest BCUT2D eigenvalue weighted by Gasteiger charge is -2.47. The molecule has 0 aliphatic carbocycles. The Morgan fingerprint density at radius 1 is 1.00 bits per heavy atom. The smallest absolute Gasteiger partial charge is 0.323 e. The first-order valence-electron chi connectivity index (χ1n) is 15.7. The Morgan fingerprint density at radius 2 is 1.55 bits per heavy atom. The van der Waals surface area contributed by atoms with Crippen molar-refractivity contribution in [3.05, 3.63) is 90.5 Å². The minimum atomic E-state index is -4.26. The van der Waals surface area contributed by atoms with Gasteiger partial charge in [0.25, 0.3) is 8.32 Å². The summed E-state index contributed by atoms with van der Waals surface area (Å²) >= 11 is 1.23. The highest BCUT2D eigenvalue weighted by molar-refractivity contribution is 8.00. The van der Waals surface area contributed by atoms with Gasteiger partial charge in [0.05, 0.1) is 23.4 Å². The van der Waals surface area contributed by atoms with E-state index in [0.717, 1.165) is 15.9 Å². The fourth-order valence-electron chi connectivity index (χ4n) is 6.13. The number of hydrogen-bond donors (Lipinski definition) is 1. The summed E-state index contributed by atoms with van der Waals surface area (Å²) in [5, 5.41) is 1.01. The third kappa shape index (κ3) is 7.91.